The Morgan fingerprint density at radius 3 is 1.81 bits per heavy atom. The summed E-state index contributed by atoms with van der Waals surface area (Å²) in [6.07, 6.45) is 0.356. The first-order valence-electron chi connectivity index (χ1n) is 5.92. The Morgan fingerprint density at radius 2 is 1.50 bits per heavy atom. The van der Waals surface area contributed by atoms with Crippen molar-refractivity contribution in [2.45, 2.75) is 60.2 Å². The molecule has 98 valence electrons. The molecular formula is C12H26O4. The zero-order chi connectivity index (χ0) is 12.9. The van der Waals surface area contributed by atoms with E-state index < -0.39 is 0 Å². The SMILES string of the molecule is CCC(C)(C)C(OO)C(C)C(C)C(C)OO. The zero-order valence-electron chi connectivity index (χ0n) is 11.2. The Kier molecular flexibility index (Phi) is 6.48. The Hall–Kier alpha value is -0.160. The molecule has 4 nitrogen and oxygen atoms in total. The molecular weight excluding hydrogens is 208 g/mol. The van der Waals surface area contributed by atoms with Gasteiger partial charge in [0.15, 0.2) is 0 Å². The summed E-state index contributed by atoms with van der Waals surface area (Å²) in [5.41, 5.74) is -0.113. The van der Waals surface area contributed by atoms with E-state index in [1.165, 1.54) is 0 Å². The van der Waals surface area contributed by atoms with Gasteiger partial charge in [0.05, 0.1) is 6.10 Å². The molecule has 0 saturated carbocycles. The third-order valence-corrected chi connectivity index (χ3v) is 4.01. The predicted molar refractivity (Wildman–Crippen MR) is 63.1 cm³/mol. The maximum absolute atomic E-state index is 9.06. The lowest BCUT2D eigenvalue weighted by Crippen LogP contribution is -2.41. The summed E-state index contributed by atoms with van der Waals surface area (Å²) >= 11 is 0. The van der Waals surface area contributed by atoms with Gasteiger partial charge in [-0.15, -0.1) is 0 Å². The number of rotatable bonds is 7. The van der Waals surface area contributed by atoms with Crippen LogP contribution in [-0.2, 0) is 9.78 Å². The van der Waals surface area contributed by atoms with Crippen molar-refractivity contribution in [2.24, 2.45) is 17.3 Å². The second kappa shape index (κ2) is 6.55. The molecule has 0 fully saturated rings. The van der Waals surface area contributed by atoms with Crippen LogP contribution in [0.25, 0.3) is 0 Å². The lowest BCUT2D eigenvalue weighted by Gasteiger charge is -2.38. The summed E-state index contributed by atoms with van der Waals surface area (Å²) in [7, 11) is 0. The lowest BCUT2D eigenvalue weighted by atomic mass is 9.73. The highest BCUT2D eigenvalue weighted by Gasteiger charge is 2.37. The number of hydrogen-bond acceptors (Lipinski definition) is 4. The number of hydrogen-bond donors (Lipinski definition) is 2. The van der Waals surface area contributed by atoms with Crippen LogP contribution in [0, 0.1) is 17.3 Å². The first-order chi connectivity index (χ1) is 7.31. The topological polar surface area (TPSA) is 58.9 Å². The van der Waals surface area contributed by atoms with Gasteiger partial charge in [0.25, 0.3) is 0 Å². The van der Waals surface area contributed by atoms with Crippen molar-refractivity contribution in [1.29, 1.82) is 0 Å². The Balaban J connectivity index is 4.71. The minimum Gasteiger partial charge on any atom is -0.252 e. The minimum absolute atomic E-state index is 0.0853. The van der Waals surface area contributed by atoms with E-state index >= 15 is 0 Å². The van der Waals surface area contributed by atoms with Crippen LogP contribution in [0.4, 0.5) is 0 Å². The van der Waals surface area contributed by atoms with E-state index in [1.54, 1.807) is 6.92 Å². The zero-order valence-corrected chi connectivity index (χ0v) is 11.2. The highest BCUT2D eigenvalue weighted by Crippen LogP contribution is 2.35. The summed E-state index contributed by atoms with van der Waals surface area (Å²) in [4.78, 5) is 8.98. The van der Waals surface area contributed by atoms with Gasteiger partial charge in [0.2, 0.25) is 0 Å². The van der Waals surface area contributed by atoms with Crippen LogP contribution in [-0.4, -0.2) is 22.7 Å². The largest absolute Gasteiger partial charge is 0.252 e. The standard InChI is InChI=1S/C12H26O4/c1-7-12(5,6)11(16-14)9(3)8(2)10(4)15-13/h8-11,13-14H,7H2,1-6H3. The van der Waals surface area contributed by atoms with Crippen LogP contribution in [0.15, 0.2) is 0 Å². The fourth-order valence-corrected chi connectivity index (χ4v) is 1.95. The van der Waals surface area contributed by atoms with Gasteiger partial charge >= 0.3 is 0 Å². The molecule has 0 aromatic rings. The molecule has 0 aliphatic heterocycles. The van der Waals surface area contributed by atoms with E-state index in [9.17, 15) is 0 Å². The smallest absolute Gasteiger partial charge is 0.101 e. The van der Waals surface area contributed by atoms with Crippen molar-refractivity contribution < 1.29 is 20.3 Å². The second-order valence-electron chi connectivity index (χ2n) is 5.40. The molecule has 0 heterocycles. The third kappa shape index (κ3) is 3.70. The summed E-state index contributed by atoms with van der Waals surface area (Å²) in [6, 6.07) is 0. The van der Waals surface area contributed by atoms with E-state index in [4.69, 9.17) is 10.5 Å². The molecule has 4 atom stereocenters. The van der Waals surface area contributed by atoms with Crippen LogP contribution in [0.2, 0.25) is 0 Å². The molecule has 0 aromatic carbocycles. The van der Waals surface area contributed by atoms with E-state index in [0.29, 0.717) is 0 Å². The van der Waals surface area contributed by atoms with Crippen LogP contribution in [0.5, 0.6) is 0 Å². The molecule has 0 rings (SSSR count). The molecule has 0 amide bonds. The Bertz CT molecular complexity index is 193. The van der Waals surface area contributed by atoms with Gasteiger partial charge in [-0.2, -0.15) is 0 Å². The van der Waals surface area contributed by atoms with Gasteiger partial charge in [0.1, 0.15) is 6.10 Å². The quantitative estimate of drug-likeness (QED) is 0.523. The molecule has 0 spiro atoms. The molecule has 4 unspecified atom stereocenters. The average Bonchev–Trinajstić information content (AvgIpc) is 2.27. The van der Waals surface area contributed by atoms with Crippen LogP contribution in [0.1, 0.15) is 48.0 Å². The normalized spacial score (nSPS) is 20.2. The van der Waals surface area contributed by atoms with Crippen LogP contribution in [0.3, 0.4) is 0 Å². The van der Waals surface area contributed by atoms with Gasteiger partial charge < -0.3 is 0 Å². The monoisotopic (exact) mass is 234 g/mol. The minimum atomic E-state index is -0.277. The molecule has 0 aromatic heterocycles. The molecule has 0 saturated heterocycles. The van der Waals surface area contributed by atoms with Crippen molar-refractivity contribution in [3.05, 3.63) is 0 Å². The highest BCUT2D eigenvalue weighted by atomic mass is 17.1. The van der Waals surface area contributed by atoms with Gasteiger partial charge in [-0.1, -0.05) is 34.6 Å². The Morgan fingerprint density at radius 1 is 1.00 bits per heavy atom. The molecule has 0 radical (unpaired) electrons. The molecule has 2 N–H and O–H groups in total. The lowest BCUT2D eigenvalue weighted by molar-refractivity contribution is -0.327. The van der Waals surface area contributed by atoms with Crippen molar-refractivity contribution in [2.75, 3.05) is 0 Å². The van der Waals surface area contributed by atoms with Crippen molar-refractivity contribution in [1.82, 2.24) is 0 Å². The van der Waals surface area contributed by atoms with Crippen LogP contribution >= 0.6 is 0 Å². The molecule has 0 bridgehead atoms. The third-order valence-electron chi connectivity index (χ3n) is 4.01. The van der Waals surface area contributed by atoms with Gasteiger partial charge in [-0.25, -0.2) is 9.78 Å². The average molecular weight is 234 g/mol. The predicted octanol–water partition coefficient (Wildman–Crippen LogP) is 3.43. The maximum Gasteiger partial charge on any atom is 0.101 e. The van der Waals surface area contributed by atoms with Crippen molar-refractivity contribution in [3.8, 4) is 0 Å². The van der Waals surface area contributed by atoms with E-state index in [2.05, 4.69) is 30.5 Å². The Labute approximate surface area is 98.4 Å². The van der Waals surface area contributed by atoms with Crippen molar-refractivity contribution >= 4 is 0 Å². The van der Waals surface area contributed by atoms with Gasteiger partial charge in [-0.05, 0) is 30.6 Å². The van der Waals surface area contributed by atoms with E-state index in [1.807, 2.05) is 13.8 Å². The van der Waals surface area contributed by atoms with Gasteiger partial charge in [-0.3, -0.25) is 10.5 Å². The second-order valence-corrected chi connectivity index (χ2v) is 5.40. The fraction of sp³-hybridized carbons (Fsp3) is 1.00. The maximum atomic E-state index is 9.06. The fourth-order valence-electron chi connectivity index (χ4n) is 1.95. The summed E-state index contributed by atoms with van der Waals surface area (Å²) in [5.74, 6) is 0.176. The molecule has 16 heavy (non-hydrogen) atoms. The van der Waals surface area contributed by atoms with Crippen LogP contribution < -0.4 is 0 Å². The molecule has 0 aliphatic rings. The van der Waals surface area contributed by atoms with E-state index in [0.717, 1.165) is 6.42 Å². The summed E-state index contributed by atoms with van der Waals surface area (Å²) in [5, 5.41) is 17.7. The molecule has 4 heteroatoms. The molecule has 0 aliphatic carbocycles. The van der Waals surface area contributed by atoms with Crippen molar-refractivity contribution in [3.63, 3.8) is 0 Å². The summed E-state index contributed by atoms with van der Waals surface area (Å²) in [6.45, 7) is 12.0. The summed E-state index contributed by atoms with van der Waals surface area (Å²) < 4.78 is 0. The van der Waals surface area contributed by atoms with Gasteiger partial charge in [0, 0.05) is 0 Å². The first kappa shape index (κ1) is 15.8. The van der Waals surface area contributed by atoms with E-state index in [-0.39, 0.29) is 29.5 Å². The first-order valence-corrected chi connectivity index (χ1v) is 5.92. The highest BCUT2D eigenvalue weighted by molar-refractivity contribution is 4.85.